The highest BCUT2D eigenvalue weighted by atomic mass is 79.9. The molecule has 1 saturated heterocycles. The Hall–Kier alpha value is -1.69. The van der Waals surface area contributed by atoms with E-state index in [1.54, 1.807) is 0 Å². The van der Waals surface area contributed by atoms with Gasteiger partial charge in [-0.25, -0.2) is 4.39 Å². The van der Waals surface area contributed by atoms with E-state index < -0.39 is 0 Å². The first-order valence-electron chi connectivity index (χ1n) is 6.89. The Morgan fingerprint density at radius 3 is 2.81 bits per heavy atom. The molecule has 110 valence electrons. The molecule has 2 heterocycles. The third-order valence-corrected chi connectivity index (χ3v) is 4.21. The second kappa shape index (κ2) is 5.97. The highest BCUT2D eigenvalue weighted by molar-refractivity contribution is 9.10. The molecule has 2 aromatic rings. The number of aromatic nitrogens is 2. The van der Waals surface area contributed by atoms with Gasteiger partial charge in [0.15, 0.2) is 0 Å². The minimum Gasteiger partial charge on any atom is -0.338 e. The fourth-order valence-electron chi connectivity index (χ4n) is 2.71. The van der Waals surface area contributed by atoms with E-state index in [4.69, 9.17) is 0 Å². The maximum atomic E-state index is 12.9. The highest BCUT2D eigenvalue weighted by Gasteiger charge is 2.26. The number of benzene rings is 1. The molecule has 0 saturated carbocycles. The van der Waals surface area contributed by atoms with Crippen LogP contribution in [0.1, 0.15) is 34.8 Å². The van der Waals surface area contributed by atoms with Gasteiger partial charge in [0.2, 0.25) is 0 Å². The highest BCUT2D eigenvalue weighted by Crippen LogP contribution is 2.27. The molecule has 0 unspecified atom stereocenters. The van der Waals surface area contributed by atoms with Crippen molar-refractivity contribution in [2.45, 2.75) is 18.8 Å². The lowest BCUT2D eigenvalue weighted by atomic mass is 9.94. The number of nitrogens with one attached hydrogen (secondary N) is 1. The van der Waals surface area contributed by atoms with Crippen LogP contribution in [-0.4, -0.2) is 34.1 Å². The van der Waals surface area contributed by atoms with Gasteiger partial charge in [-0.1, -0.05) is 0 Å². The van der Waals surface area contributed by atoms with E-state index in [1.807, 2.05) is 11.0 Å². The molecule has 4 nitrogen and oxygen atoms in total. The molecule has 1 atom stereocenters. The lowest BCUT2D eigenvalue weighted by Gasteiger charge is -2.32. The molecule has 0 spiro atoms. The summed E-state index contributed by atoms with van der Waals surface area (Å²) in [5.41, 5.74) is 1.57. The predicted molar refractivity (Wildman–Crippen MR) is 80.6 cm³/mol. The zero-order valence-corrected chi connectivity index (χ0v) is 12.9. The molecule has 1 aromatic heterocycles. The zero-order chi connectivity index (χ0) is 14.8. The normalized spacial score (nSPS) is 18.8. The van der Waals surface area contributed by atoms with Gasteiger partial charge in [0.25, 0.3) is 5.91 Å². The number of hydrogen-bond donors (Lipinski definition) is 1. The second-order valence-electron chi connectivity index (χ2n) is 5.24. The molecule has 1 fully saturated rings. The summed E-state index contributed by atoms with van der Waals surface area (Å²) in [6.07, 6.45) is 1.98. The Bertz CT molecular complexity index is 641. The summed E-state index contributed by atoms with van der Waals surface area (Å²) in [6, 6.07) is 7.67. The lowest BCUT2D eigenvalue weighted by molar-refractivity contribution is 0.0706. The Kier molecular flexibility index (Phi) is 4.05. The van der Waals surface area contributed by atoms with Crippen LogP contribution in [0.4, 0.5) is 4.39 Å². The average molecular weight is 352 g/mol. The van der Waals surface area contributed by atoms with Crippen molar-refractivity contribution >= 4 is 21.8 Å². The smallest absolute Gasteiger partial charge is 0.253 e. The second-order valence-corrected chi connectivity index (χ2v) is 6.06. The molecule has 1 aromatic carbocycles. The Balaban J connectivity index is 1.73. The van der Waals surface area contributed by atoms with Crippen LogP contribution in [0.25, 0.3) is 0 Å². The minimum atomic E-state index is -0.328. The first kappa shape index (κ1) is 14.3. The van der Waals surface area contributed by atoms with E-state index in [2.05, 4.69) is 26.1 Å². The molecule has 1 aliphatic rings. The predicted octanol–water partition coefficient (Wildman–Crippen LogP) is 3.33. The number of nitrogens with zero attached hydrogens (tertiary/aromatic N) is 2. The average Bonchev–Trinajstić information content (AvgIpc) is 2.94. The van der Waals surface area contributed by atoms with Gasteiger partial charge in [-0.15, -0.1) is 0 Å². The third-order valence-electron chi connectivity index (χ3n) is 3.81. The summed E-state index contributed by atoms with van der Waals surface area (Å²) < 4.78 is 13.7. The van der Waals surface area contributed by atoms with Crippen molar-refractivity contribution in [1.29, 1.82) is 0 Å². The Morgan fingerprint density at radius 1 is 1.38 bits per heavy atom. The third kappa shape index (κ3) is 3.15. The SMILES string of the molecule is O=C(c1ccc(F)cc1)N1CCC[C@H](c2cc(Br)n[nH]2)C1. The molecule has 1 aliphatic heterocycles. The molecular weight excluding hydrogens is 337 g/mol. The first-order chi connectivity index (χ1) is 10.1. The van der Waals surface area contributed by atoms with Gasteiger partial charge in [-0.05, 0) is 59.1 Å². The Labute approximate surface area is 130 Å². The van der Waals surface area contributed by atoms with Crippen LogP contribution >= 0.6 is 15.9 Å². The summed E-state index contributed by atoms with van der Waals surface area (Å²) in [5.74, 6) is -0.106. The van der Waals surface area contributed by atoms with Gasteiger partial charge in [-0.2, -0.15) is 5.10 Å². The van der Waals surface area contributed by atoms with Crippen molar-refractivity contribution in [3.8, 4) is 0 Å². The lowest BCUT2D eigenvalue weighted by Crippen LogP contribution is -2.39. The van der Waals surface area contributed by atoms with E-state index in [9.17, 15) is 9.18 Å². The van der Waals surface area contributed by atoms with Gasteiger partial charge < -0.3 is 4.90 Å². The van der Waals surface area contributed by atoms with Gasteiger partial charge in [0.1, 0.15) is 10.4 Å². The number of carbonyl (C=O) groups excluding carboxylic acids is 1. The summed E-state index contributed by atoms with van der Waals surface area (Å²) in [7, 11) is 0. The van der Waals surface area contributed by atoms with Gasteiger partial charge >= 0.3 is 0 Å². The summed E-state index contributed by atoms with van der Waals surface area (Å²) in [5, 5.41) is 7.07. The molecular formula is C15H15BrFN3O. The maximum Gasteiger partial charge on any atom is 0.253 e. The number of rotatable bonds is 2. The topological polar surface area (TPSA) is 49.0 Å². The van der Waals surface area contributed by atoms with Crippen LogP contribution in [0, 0.1) is 5.82 Å². The van der Waals surface area contributed by atoms with Gasteiger partial charge in [0, 0.05) is 30.3 Å². The number of carbonyl (C=O) groups is 1. The number of amides is 1. The molecule has 0 radical (unpaired) electrons. The maximum absolute atomic E-state index is 12.9. The number of likely N-dealkylation sites (tertiary alicyclic amines) is 1. The quantitative estimate of drug-likeness (QED) is 0.901. The van der Waals surface area contributed by atoms with Crippen molar-refractivity contribution in [3.63, 3.8) is 0 Å². The van der Waals surface area contributed by atoms with Crippen LogP contribution in [0.15, 0.2) is 34.9 Å². The molecule has 21 heavy (non-hydrogen) atoms. The molecule has 1 amide bonds. The largest absolute Gasteiger partial charge is 0.338 e. The van der Waals surface area contributed by atoms with Crippen molar-refractivity contribution in [3.05, 3.63) is 52.0 Å². The molecule has 6 heteroatoms. The molecule has 0 aliphatic carbocycles. The van der Waals surface area contributed by atoms with Crippen molar-refractivity contribution in [1.82, 2.24) is 15.1 Å². The monoisotopic (exact) mass is 351 g/mol. The molecule has 1 N–H and O–H groups in total. The van der Waals surface area contributed by atoms with Crippen LogP contribution in [0.5, 0.6) is 0 Å². The summed E-state index contributed by atoms with van der Waals surface area (Å²) in [6.45, 7) is 1.40. The van der Waals surface area contributed by atoms with E-state index in [-0.39, 0.29) is 17.6 Å². The standard InChI is InChI=1S/C15H15BrFN3O/c16-14-8-13(18-19-14)11-2-1-7-20(9-11)15(21)10-3-5-12(17)6-4-10/h3-6,8,11H,1-2,7,9H2,(H,18,19)/t11-/m0/s1. The van der Waals surface area contributed by atoms with Crippen LogP contribution in [0.3, 0.4) is 0 Å². The number of H-pyrrole nitrogens is 1. The Morgan fingerprint density at radius 2 is 2.14 bits per heavy atom. The van der Waals surface area contributed by atoms with Crippen LogP contribution < -0.4 is 0 Å². The minimum absolute atomic E-state index is 0.0433. The van der Waals surface area contributed by atoms with Crippen LogP contribution in [0.2, 0.25) is 0 Å². The number of halogens is 2. The summed E-state index contributed by atoms with van der Waals surface area (Å²) >= 11 is 3.33. The molecule has 3 rings (SSSR count). The van der Waals surface area contributed by atoms with E-state index in [0.717, 1.165) is 29.7 Å². The van der Waals surface area contributed by atoms with E-state index in [0.29, 0.717) is 12.1 Å². The van der Waals surface area contributed by atoms with Crippen LogP contribution in [-0.2, 0) is 0 Å². The number of aromatic amines is 1. The van der Waals surface area contributed by atoms with Crippen molar-refractivity contribution in [2.75, 3.05) is 13.1 Å². The number of piperidine rings is 1. The van der Waals surface area contributed by atoms with Gasteiger partial charge in [0.05, 0.1) is 0 Å². The van der Waals surface area contributed by atoms with Crippen molar-refractivity contribution in [2.24, 2.45) is 0 Å². The van der Waals surface area contributed by atoms with E-state index >= 15 is 0 Å². The van der Waals surface area contributed by atoms with Gasteiger partial charge in [-0.3, -0.25) is 9.89 Å². The summed E-state index contributed by atoms with van der Waals surface area (Å²) in [4.78, 5) is 14.3. The fourth-order valence-corrected chi connectivity index (χ4v) is 3.05. The zero-order valence-electron chi connectivity index (χ0n) is 11.4. The number of hydrogen-bond acceptors (Lipinski definition) is 2. The first-order valence-corrected chi connectivity index (χ1v) is 7.68. The van der Waals surface area contributed by atoms with E-state index in [1.165, 1.54) is 24.3 Å². The van der Waals surface area contributed by atoms with Crippen molar-refractivity contribution < 1.29 is 9.18 Å². The fraction of sp³-hybridized carbons (Fsp3) is 0.333. The molecule has 0 bridgehead atoms.